The van der Waals surface area contributed by atoms with Gasteiger partial charge in [-0.2, -0.15) is 0 Å². The zero-order valence-corrected chi connectivity index (χ0v) is 15.6. The van der Waals surface area contributed by atoms with E-state index in [1.807, 2.05) is 10.6 Å². The number of rotatable bonds is 6. The fourth-order valence-corrected chi connectivity index (χ4v) is 3.73. The second kappa shape index (κ2) is 7.77. The van der Waals surface area contributed by atoms with Crippen LogP contribution >= 0.6 is 11.8 Å². The summed E-state index contributed by atoms with van der Waals surface area (Å²) >= 11 is 1.42. The van der Waals surface area contributed by atoms with Crippen LogP contribution in [0, 0.1) is 5.82 Å². The zero-order valence-electron chi connectivity index (χ0n) is 14.8. The van der Waals surface area contributed by atoms with Crippen molar-refractivity contribution >= 4 is 22.7 Å². The minimum absolute atomic E-state index is 0.194. The average Bonchev–Trinajstić information content (AvgIpc) is 3.15. The van der Waals surface area contributed by atoms with Gasteiger partial charge >= 0.3 is 0 Å². The highest BCUT2D eigenvalue weighted by atomic mass is 32.2. The predicted molar refractivity (Wildman–Crippen MR) is 107 cm³/mol. The van der Waals surface area contributed by atoms with E-state index in [1.54, 1.807) is 42.7 Å². The Hall–Kier alpha value is -3.26. The van der Waals surface area contributed by atoms with Crippen LogP contribution in [-0.2, 0) is 12.3 Å². The molecule has 0 atom stereocenters. The zero-order chi connectivity index (χ0) is 19.5. The summed E-state index contributed by atoms with van der Waals surface area (Å²) in [5.74, 6) is 0.584. The van der Waals surface area contributed by atoms with Gasteiger partial charge in [0, 0.05) is 6.54 Å². The Bertz CT molecular complexity index is 1200. The van der Waals surface area contributed by atoms with Crippen molar-refractivity contribution in [2.45, 2.75) is 17.5 Å². The first-order valence-corrected chi connectivity index (χ1v) is 9.54. The van der Waals surface area contributed by atoms with Crippen molar-refractivity contribution in [3.05, 3.63) is 89.5 Å². The number of nitrogens with zero attached hydrogens (tertiary/aromatic N) is 5. The summed E-state index contributed by atoms with van der Waals surface area (Å²) in [7, 11) is 0. The summed E-state index contributed by atoms with van der Waals surface area (Å²) in [6.07, 6.45) is 3.39. The van der Waals surface area contributed by atoms with Crippen LogP contribution in [0.3, 0.4) is 0 Å². The van der Waals surface area contributed by atoms with Crippen LogP contribution in [0.1, 0.15) is 5.82 Å². The van der Waals surface area contributed by atoms with E-state index in [1.165, 1.54) is 28.5 Å². The Morgan fingerprint density at radius 3 is 2.71 bits per heavy atom. The summed E-state index contributed by atoms with van der Waals surface area (Å²) in [5.41, 5.74) is 0.988. The third-order valence-corrected chi connectivity index (χ3v) is 5.14. The molecule has 0 aliphatic heterocycles. The topological polar surface area (TPSA) is 65.6 Å². The molecule has 2 heterocycles. The van der Waals surface area contributed by atoms with E-state index in [9.17, 15) is 9.18 Å². The summed E-state index contributed by atoms with van der Waals surface area (Å²) in [6, 6.07) is 13.0. The van der Waals surface area contributed by atoms with Gasteiger partial charge in [-0.25, -0.2) is 9.37 Å². The Labute approximate surface area is 164 Å². The minimum Gasteiger partial charge on any atom is -0.305 e. The van der Waals surface area contributed by atoms with E-state index in [-0.39, 0.29) is 11.4 Å². The molecule has 0 spiro atoms. The van der Waals surface area contributed by atoms with Crippen LogP contribution in [0.5, 0.6) is 0 Å². The van der Waals surface area contributed by atoms with Gasteiger partial charge in [-0.1, -0.05) is 30.0 Å². The molecular weight excluding hydrogens is 377 g/mol. The molecule has 2 aromatic heterocycles. The number of thioether (sulfide) groups is 1. The van der Waals surface area contributed by atoms with Gasteiger partial charge in [0.1, 0.15) is 18.0 Å². The normalized spacial score (nSPS) is 11.0. The van der Waals surface area contributed by atoms with Crippen molar-refractivity contribution in [1.29, 1.82) is 0 Å². The molecule has 0 aliphatic carbocycles. The minimum atomic E-state index is -0.362. The van der Waals surface area contributed by atoms with Gasteiger partial charge in [0.2, 0.25) is 0 Å². The van der Waals surface area contributed by atoms with Crippen molar-refractivity contribution in [2.75, 3.05) is 0 Å². The quantitative estimate of drug-likeness (QED) is 0.370. The second-order valence-electron chi connectivity index (χ2n) is 6.01. The number of hydrogen-bond acceptors (Lipinski definition) is 5. The van der Waals surface area contributed by atoms with E-state index in [2.05, 4.69) is 21.8 Å². The van der Waals surface area contributed by atoms with E-state index in [4.69, 9.17) is 0 Å². The summed E-state index contributed by atoms with van der Waals surface area (Å²) in [6.45, 7) is 4.32. The van der Waals surface area contributed by atoms with Crippen LogP contribution in [0.15, 0.2) is 77.5 Å². The van der Waals surface area contributed by atoms with Crippen molar-refractivity contribution in [3.63, 3.8) is 0 Å². The van der Waals surface area contributed by atoms with Crippen LogP contribution in [-0.4, -0.2) is 24.3 Å². The lowest BCUT2D eigenvalue weighted by atomic mass is 10.2. The SMILES string of the molecule is C=CCn1cnnc1SCc1nc2ccccc2c(=O)n1-c1ccc(F)cc1. The summed E-state index contributed by atoms with van der Waals surface area (Å²) in [5, 5.41) is 9.25. The smallest absolute Gasteiger partial charge is 0.265 e. The molecule has 0 unspecified atom stereocenters. The van der Waals surface area contributed by atoms with Gasteiger partial charge in [0.15, 0.2) is 5.16 Å². The van der Waals surface area contributed by atoms with E-state index in [0.717, 1.165) is 0 Å². The molecule has 0 saturated carbocycles. The Kier molecular flexibility index (Phi) is 5.03. The predicted octanol–water partition coefficient (Wildman–Crippen LogP) is 3.59. The van der Waals surface area contributed by atoms with Crippen LogP contribution in [0.4, 0.5) is 4.39 Å². The number of hydrogen-bond donors (Lipinski definition) is 0. The molecule has 0 aliphatic rings. The highest BCUT2D eigenvalue weighted by molar-refractivity contribution is 7.98. The maximum atomic E-state index is 13.4. The van der Waals surface area contributed by atoms with Gasteiger partial charge in [-0.15, -0.1) is 16.8 Å². The van der Waals surface area contributed by atoms with E-state index in [0.29, 0.717) is 39.9 Å². The molecule has 0 bridgehead atoms. The van der Waals surface area contributed by atoms with E-state index < -0.39 is 0 Å². The first kappa shape index (κ1) is 18.1. The second-order valence-corrected chi connectivity index (χ2v) is 6.95. The molecule has 0 fully saturated rings. The molecule has 140 valence electrons. The lowest BCUT2D eigenvalue weighted by Gasteiger charge is -2.13. The standard InChI is InChI=1S/C20H16FN5OS/c1-2-11-25-13-22-24-20(25)28-12-18-23-17-6-4-3-5-16(17)19(27)26(18)15-9-7-14(21)8-10-15/h2-10,13H,1,11-12H2. The van der Waals surface area contributed by atoms with Gasteiger partial charge < -0.3 is 4.57 Å². The number of allylic oxidation sites excluding steroid dienone is 1. The molecule has 28 heavy (non-hydrogen) atoms. The number of fused-ring (bicyclic) bond motifs is 1. The highest BCUT2D eigenvalue weighted by Crippen LogP contribution is 2.22. The highest BCUT2D eigenvalue weighted by Gasteiger charge is 2.14. The fourth-order valence-electron chi connectivity index (χ4n) is 2.88. The first-order valence-electron chi connectivity index (χ1n) is 8.55. The maximum Gasteiger partial charge on any atom is 0.265 e. The average molecular weight is 393 g/mol. The lowest BCUT2D eigenvalue weighted by molar-refractivity contribution is 0.627. The number of benzene rings is 2. The van der Waals surface area contributed by atoms with Gasteiger partial charge in [0.25, 0.3) is 5.56 Å². The van der Waals surface area contributed by atoms with Crippen molar-refractivity contribution in [1.82, 2.24) is 24.3 Å². The molecule has 0 amide bonds. The molecule has 0 radical (unpaired) electrons. The molecule has 2 aromatic carbocycles. The van der Waals surface area contributed by atoms with Crippen LogP contribution in [0.2, 0.25) is 0 Å². The molecule has 4 aromatic rings. The Morgan fingerprint density at radius 2 is 1.93 bits per heavy atom. The molecule has 8 heteroatoms. The molecule has 4 rings (SSSR count). The van der Waals surface area contributed by atoms with Crippen molar-refractivity contribution < 1.29 is 4.39 Å². The fraction of sp³-hybridized carbons (Fsp3) is 0.100. The third-order valence-electron chi connectivity index (χ3n) is 4.17. The summed E-state index contributed by atoms with van der Waals surface area (Å²) in [4.78, 5) is 17.8. The molecule has 0 N–H and O–H groups in total. The van der Waals surface area contributed by atoms with E-state index >= 15 is 0 Å². The van der Waals surface area contributed by atoms with Crippen molar-refractivity contribution in [3.8, 4) is 5.69 Å². The molecular formula is C20H16FN5OS. The number of aromatic nitrogens is 5. The first-order chi connectivity index (χ1) is 13.7. The summed E-state index contributed by atoms with van der Waals surface area (Å²) < 4.78 is 16.8. The monoisotopic (exact) mass is 393 g/mol. The van der Waals surface area contributed by atoms with Crippen LogP contribution < -0.4 is 5.56 Å². The van der Waals surface area contributed by atoms with Gasteiger partial charge in [-0.05, 0) is 36.4 Å². The molecule has 0 saturated heterocycles. The number of halogens is 1. The Morgan fingerprint density at radius 1 is 1.14 bits per heavy atom. The Balaban J connectivity index is 1.80. The van der Waals surface area contributed by atoms with Gasteiger partial charge in [0.05, 0.1) is 22.3 Å². The maximum absolute atomic E-state index is 13.4. The van der Waals surface area contributed by atoms with Crippen LogP contribution in [0.25, 0.3) is 16.6 Å². The molecule has 6 nitrogen and oxygen atoms in total. The van der Waals surface area contributed by atoms with Crippen molar-refractivity contribution in [2.24, 2.45) is 0 Å². The largest absolute Gasteiger partial charge is 0.305 e. The van der Waals surface area contributed by atoms with Gasteiger partial charge in [-0.3, -0.25) is 9.36 Å². The lowest BCUT2D eigenvalue weighted by Crippen LogP contribution is -2.23. The third kappa shape index (κ3) is 3.46. The number of para-hydroxylation sites is 1.